The van der Waals surface area contributed by atoms with Crippen LogP contribution in [0.25, 0.3) is 0 Å². The first kappa shape index (κ1) is 14.2. The van der Waals surface area contributed by atoms with Crippen molar-refractivity contribution in [2.45, 2.75) is 44.7 Å². The minimum atomic E-state index is -3.12. The van der Waals surface area contributed by atoms with E-state index in [1.807, 2.05) is 25.1 Å². The Kier molecular flexibility index (Phi) is 3.99. The highest BCUT2D eigenvalue weighted by Crippen LogP contribution is 2.22. The lowest BCUT2D eigenvalue weighted by atomic mass is 10.1. The highest BCUT2D eigenvalue weighted by Gasteiger charge is 2.29. The fraction of sp³-hybridized carbons (Fsp3) is 0.538. The molecule has 17 heavy (non-hydrogen) atoms. The molecular formula is C13H21NO2S. The molecule has 0 heterocycles. The number of sulfone groups is 1. The lowest BCUT2D eigenvalue weighted by molar-refractivity contribution is 0.559. The molecule has 96 valence electrons. The van der Waals surface area contributed by atoms with Gasteiger partial charge >= 0.3 is 0 Å². The van der Waals surface area contributed by atoms with E-state index in [4.69, 9.17) is 5.73 Å². The average Bonchev–Trinajstić information content (AvgIpc) is 2.19. The van der Waals surface area contributed by atoms with Crippen LogP contribution in [0.2, 0.25) is 0 Å². The highest BCUT2D eigenvalue weighted by atomic mass is 32.2. The molecule has 0 aliphatic carbocycles. The van der Waals surface area contributed by atoms with Gasteiger partial charge in [-0.3, -0.25) is 0 Å². The molecule has 0 fully saturated rings. The Bertz CT molecular complexity index is 499. The van der Waals surface area contributed by atoms with Gasteiger partial charge in [0.15, 0.2) is 9.84 Å². The molecule has 3 nitrogen and oxygen atoms in total. The van der Waals surface area contributed by atoms with Crippen molar-refractivity contribution in [3.05, 3.63) is 34.9 Å². The van der Waals surface area contributed by atoms with Crippen LogP contribution in [0.5, 0.6) is 0 Å². The maximum absolute atomic E-state index is 12.1. The van der Waals surface area contributed by atoms with E-state index in [9.17, 15) is 8.42 Å². The third-order valence-electron chi connectivity index (χ3n) is 2.92. The monoisotopic (exact) mass is 255 g/mol. The van der Waals surface area contributed by atoms with Crippen LogP contribution in [0.1, 0.15) is 37.5 Å². The van der Waals surface area contributed by atoms with Gasteiger partial charge in [0, 0.05) is 6.54 Å². The maximum Gasteiger partial charge on any atom is 0.159 e. The molecule has 0 saturated carbocycles. The van der Waals surface area contributed by atoms with E-state index < -0.39 is 14.6 Å². The molecule has 1 aromatic rings. The molecule has 1 rings (SSSR count). The van der Waals surface area contributed by atoms with Crippen LogP contribution in [-0.2, 0) is 22.1 Å². The van der Waals surface area contributed by atoms with Gasteiger partial charge in [0.1, 0.15) is 0 Å². The minimum Gasteiger partial charge on any atom is -0.326 e. The number of aryl methyl sites for hydroxylation is 1. The van der Waals surface area contributed by atoms with Crippen molar-refractivity contribution in [1.29, 1.82) is 0 Å². The van der Waals surface area contributed by atoms with Crippen LogP contribution < -0.4 is 5.73 Å². The molecule has 0 atom stereocenters. The van der Waals surface area contributed by atoms with Crippen LogP contribution in [0.3, 0.4) is 0 Å². The predicted octanol–water partition coefficient (Wildman–Crippen LogP) is 2.17. The van der Waals surface area contributed by atoms with E-state index in [-0.39, 0.29) is 5.75 Å². The normalized spacial score (nSPS) is 12.8. The molecule has 4 heteroatoms. The van der Waals surface area contributed by atoms with Crippen molar-refractivity contribution in [2.24, 2.45) is 5.73 Å². The van der Waals surface area contributed by atoms with Gasteiger partial charge in [0.05, 0.1) is 10.5 Å². The van der Waals surface area contributed by atoms with Crippen LogP contribution >= 0.6 is 0 Å². The van der Waals surface area contributed by atoms with Crippen molar-refractivity contribution < 1.29 is 8.42 Å². The number of nitrogens with two attached hydrogens (primary N) is 1. The molecule has 0 aliphatic rings. The number of benzene rings is 1. The number of hydrogen-bond donors (Lipinski definition) is 1. The van der Waals surface area contributed by atoms with Gasteiger partial charge in [-0.1, -0.05) is 18.2 Å². The molecule has 2 N–H and O–H groups in total. The summed E-state index contributed by atoms with van der Waals surface area (Å²) in [4.78, 5) is 0. The minimum absolute atomic E-state index is 0.0905. The van der Waals surface area contributed by atoms with Crippen LogP contribution in [0.15, 0.2) is 18.2 Å². The van der Waals surface area contributed by atoms with Crippen molar-refractivity contribution in [3.8, 4) is 0 Å². The Hall–Kier alpha value is -0.870. The summed E-state index contributed by atoms with van der Waals surface area (Å²) in [6.07, 6.45) is 0. The number of rotatable bonds is 3. The summed E-state index contributed by atoms with van der Waals surface area (Å²) >= 11 is 0. The van der Waals surface area contributed by atoms with Gasteiger partial charge in [-0.2, -0.15) is 0 Å². The Morgan fingerprint density at radius 1 is 1.24 bits per heavy atom. The first-order valence-electron chi connectivity index (χ1n) is 5.68. The van der Waals surface area contributed by atoms with Crippen molar-refractivity contribution in [2.75, 3.05) is 0 Å². The van der Waals surface area contributed by atoms with E-state index >= 15 is 0 Å². The third kappa shape index (κ3) is 3.30. The second-order valence-electron chi connectivity index (χ2n) is 5.34. The molecule has 0 saturated heterocycles. The smallest absolute Gasteiger partial charge is 0.159 e. The summed E-state index contributed by atoms with van der Waals surface area (Å²) < 4.78 is 23.5. The molecule has 1 aromatic carbocycles. The molecular weight excluding hydrogens is 234 g/mol. The fourth-order valence-electron chi connectivity index (χ4n) is 1.47. The van der Waals surface area contributed by atoms with Crippen LogP contribution in [0.4, 0.5) is 0 Å². The van der Waals surface area contributed by atoms with Crippen LogP contribution in [-0.4, -0.2) is 13.2 Å². The largest absolute Gasteiger partial charge is 0.326 e. The Morgan fingerprint density at radius 2 is 1.82 bits per heavy atom. The summed E-state index contributed by atoms with van der Waals surface area (Å²) in [6, 6.07) is 5.70. The van der Waals surface area contributed by atoms with Gasteiger partial charge < -0.3 is 5.73 Å². The molecule has 0 aliphatic heterocycles. The summed E-state index contributed by atoms with van der Waals surface area (Å²) in [5.74, 6) is 0.0905. The molecule has 0 amide bonds. The van der Waals surface area contributed by atoms with E-state index in [2.05, 4.69) is 0 Å². The zero-order valence-corrected chi connectivity index (χ0v) is 11.8. The fourth-order valence-corrected chi connectivity index (χ4v) is 2.63. The predicted molar refractivity (Wildman–Crippen MR) is 71.4 cm³/mol. The van der Waals surface area contributed by atoms with Gasteiger partial charge in [-0.15, -0.1) is 0 Å². The van der Waals surface area contributed by atoms with Gasteiger partial charge in [-0.25, -0.2) is 8.42 Å². The van der Waals surface area contributed by atoms with Crippen LogP contribution in [0, 0.1) is 6.92 Å². The van der Waals surface area contributed by atoms with Gasteiger partial charge in [0.25, 0.3) is 0 Å². The lowest BCUT2D eigenvalue weighted by Crippen LogP contribution is -2.29. The SMILES string of the molecule is Cc1cc(CN)ccc1CS(=O)(=O)C(C)(C)C. The van der Waals surface area contributed by atoms with Crippen molar-refractivity contribution in [1.82, 2.24) is 0 Å². The molecule has 0 bridgehead atoms. The van der Waals surface area contributed by atoms with Crippen molar-refractivity contribution >= 4 is 9.84 Å². The van der Waals surface area contributed by atoms with E-state index in [0.29, 0.717) is 6.54 Å². The summed E-state index contributed by atoms with van der Waals surface area (Å²) in [6.45, 7) is 7.59. The van der Waals surface area contributed by atoms with E-state index in [1.165, 1.54) is 0 Å². The second kappa shape index (κ2) is 4.78. The average molecular weight is 255 g/mol. The molecule has 0 aromatic heterocycles. The van der Waals surface area contributed by atoms with Crippen molar-refractivity contribution in [3.63, 3.8) is 0 Å². The van der Waals surface area contributed by atoms with E-state index in [1.54, 1.807) is 20.8 Å². The zero-order valence-electron chi connectivity index (χ0n) is 10.9. The summed E-state index contributed by atoms with van der Waals surface area (Å²) in [5.41, 5.74) is 8.42. The van der Waals surface area contributed by atoms with Gasteiger partial charge in [-0.05, 0) is 44.4 Å². The maximum atomic E-state index is 12.1. The Balaban J connectivity index is 3.05. The molecule has 0 spiro atoms. The zero-order chi connectivity index (χ0) is 13.3. The number of hydrogen-bond acceptors (Lipinski definition) is 3. The third-order valence-corrected chi connectivity index (χ3v) is 5.48. The highest BCUT2D eigenvalue weighted by molar-refractivity contribution is 7.91. The second-order valence-corrected chi connectivity index (χ2v) is 8.08. The summed E-state index contributed by atoms with van der Waals surface area (Å²) in [5, 5.41) is 0. The first-order chi connectivity index (χ1) is 7.67. The topological polar surface area (TPSA) is 60.2 Å². The Morgan fingerprint density at radius 3 is 2.24 bits per heavy atom. The standard InChI is InChI=1S/C13H21NO2S/c1-10-7-11(8-14)5-6-12(10)9-17(15,16)13(2,3)4/h5-7H,8-9,14H2,1-4H3. The summed E-state index contributed by atoms with van der Waals surface area (Å²) in [7, 11) is -3.12. The first-order valence-corrected chi connectivity index (χ1v) is 7.33. The molecule has 0 radical (unpaired) electrons. The van der Waals surface area contributed by atoms with E-state index in [0.717, 1.165) is 16.7 Å². The quantitative estimate of drug-likeness (QED) is 0.900. The van der Waals surface area contributed by atoms with Gasteiger partial charge in [0.2, 0.25) is 0 Å². The Labute approximate surface area is 104 Å². The molecule has 0 unspecified atom stereocenters. The lowest BCUT2D eigenvalue weighted by Gasteiger charge is -2.20.